The minimum absolute atomic E-state index is 0.0676. The molecule has 0 N–H and O–H groups in total. The molecule has 0 unspecified atom stereocenters. The van der Waals surface area contributed by atoms with E-state index < -0.39 is 10.9 Å². The first-order valence-corrected chi connectivity index (χ1v) is 6.10. The number of carbonyl (C=O) groups is 1. The van der Waals surface area contributed by atoms with Crippen LogP contribution in [0.15, 0.2) is 39.4 Å². The Kier molecular flexibility index (Phi) is 4.04. The molecular formula is C12H8BrNO6. The molecule has 0 amide bonds. The first-order valence-electron chi connectivity index (χ1n) is 5.31. The van der Waals surface area contributed by atoms with Crippen LogP contribution in [0.5, 0.6) is 11.5 Å². The van der Waals surface area contributed by atoms with Gasteiger partial charge in [-0.3, -0.25) is 10.1 Å². The predicted molar refractivity (Wildman–Crippen MR) is 71.0 cm³/mol. The molecule has 0 aliphatic rings. The minimum atomic E-state index is -0.830. The van der Waals surface area contributed by atoms with Gasteiger partial charge < -0.3 is 13.9 Å². The van der Waals surface area contributed by atoms with Gasteiger partial charge in [-0.1, -0.05) is 0 Å². The monoisotopic (exact) mass is 341 g/mol. The van der Waals surface area contributed by atoms with Crippen molar-refractivity contribution < 1.29 is 23.6 Å². The van der Waals surface area contributed by atoms with Crippen molar-refractivity contribution >= 4 is 27.6 Å². The molecule has 20 heavy (non-hydrogen) atoms. The lowest BCUT2D eigenvalue weighted by atomic mass is 10.3. The fourth-order valence-electron chi connectivity index (χ4n) is 1.43. The van der Waals surface area contributed by atoms with Gasteiger partial charge in [0, 0.05) is 0 Å². The van der Waals surface area contributed by atoms with E-state index in [9.17, 15) is 14.9 Å². The number of esters is 1. The van der Waals surface area contributed by atoms with Gasteiger partial charge >= 0.3 is 11.7 Å². The Labute approximate surface area is 121 Å². The number of nitrogens with zero attached hydrogens (tertiary/aromatic N) is 1. The highest BCUT2D eigenvalue weighted by Crippen LogP contribution is 2.31. The molecule has 2 aromatic rings. The topological polar surface area (TPSA) is 91.8 Å². The average molecular weight is 342 g/mol. The Morgan fingerprint density at radius 1 is 1.35 bits per heavy atom. The molecule has 0 saturated carbocycles. The second-order valence-electron chi connectivity index (χ2n) is 3.58. The summed E-state index contributed by atoms with van der Waals surface area (Å²) >= 11 is 3.04. The predicted octanol–water partition coefficient (Wildman–Crippen LogP) is 3.18. The van der Waals surface area contributed by atoms with Gasteiger partial charge in [0.2, 0.25) is 11.5 Å². The zero-order chi connectivity index (χ0) is 14.7. The summed E-state index contributed by atoms with van der Waals surface area (Å²) in [4.78, 5) is 22.0. The summed E-state index contributed by atoms with van der Waals surface area (Å²) in [5.74, 6) is -0.795. The van der Waals surface area contributed by atoms with Gasteiger partial charge in [-0.05, 0) is 40.2 Å². The number of ether oxygens (including phenoxy) is 2. The van der Waals surface area contributed by atoms with Crippen LogP contribution in [0.4, 0.5) is 5.69 Å². The number of halogens is 1. The number of hydrogen-bond donors (Lipinski definition) is 0. The van der Waals surface area contributed by atoms with Gasteiger partial charge in [0.05, 0.1) is 18.1 Å². The highest BCUT2D eigenvalue weighted by atomic mass is 79.9. The summed E-state index contributed by atoms with van der Waals surface area (Å²) < 4.78 is 15.2. The number of furan rings is 1. The summed E-state index contributed by atoms with van der Waals surface area (Å²) in [5, 5.41) is 10.9. The van der Waals surface area contributed by atoms with Gasteiger partial charge in [0.25, 0.3) is 0 Å². The molecule has 7 nitrogen and oxygen atoms in total. The molecule has 1 aromatic carbocycles. The fourth-order valence-corrected chi connectivity index (χ4v) is 1.73. The van der Waals surface area contributed by atoms with Crippen LogP contribution in [0, 0.1) is 10.1 Å². The molecule has 1 heterocycles. The Morgan fingerprint density at radius 2 is 2.10 bits per heavy atom. The second-order valence-corrected chi connectivity index (χ2v) is 4.37. The molecule has 0 aliphatic heterocycles. The average Bonchev–Trinajstić information content (AvgIpc) is 2.85. The van der Waals surface area contributed by atoms with Crippen LogP contribution in [0.2, 0.25) is 0 Å². The zero-order valence-electron chi connectivity index (χ0n) is 10.2. The van der Waals surface area contributed by atoms with Crippen molar-refractivity contribution in [1.29, 1.82) is 0 Å². The minimum Gasteiger partial charge on any atom is -0.496 e. The molecular weight excluding hydrogens is 334 g/mol. The molecule has 2 rings (SSSR count). The van der Waals surface area contributed by atoms with Crippen molar-refractivity contribution in [2.75, 3.05) is 7.11 Å². The molecule has 104 valence electrons. The number of carbonyl (C=O) groups excluding carboxylic acids is 1. The molecule has 0 spiro atoms. The van der Waals surface area contributed by atoms with E-state index in [1.54, 1.807) is 0 Å². The maximum Gasteiger partial charge on any atom is 0.379 e. The third-order valence-electron chi connectivity index (χ3n) is 2.34. The van der Waals surface area contributed by atoms with Gasteiger partial charge in [-0.2, -0.15) is 0 Å². The number of nitro benzene ring substituents is 1. The van der Waals surface area contributed by atoms with Gasteiger partial charge in [0.15, 0.2) is 4.67 Å². The molecule has 0 aliphatic carbocycles. The molecule has 0 radical (unpaired) electrons. The number of benzene rings is 1. The highest BCUT2D eigenvalue weighted by Gasteiger charge is 2.21. The number of hydrogen-bond acceptors (Lipinski definition) is 6. The van der Waals surface area contributed by atoms with E-state index in [1.807, 2.05) is 0 Å². The standard InChI is InChI=1S/C12H8BrNO6/c1-18-7-2-3-9(8(6-7)14(16)17)20-12(15)10-4-5-11(13)19-10/h2-6H,1H3. The Hall–Kier alpha value is -2.35. The first kappa shape index (κ1) is 14.1. The van der Waals surface area contributed by atoms with Crippen molar-refractivity contribution in [2.45, 2.75) is 0 Å². The largest absolute Gasteiger partial charge is 0.496 e. The third kappa shape index (κ3) is 2.97. The summed E-state index contributed by atoms with van der Waals surface area (Å²) in [7, 11) is 1.38. The summed E-state index contributed by atoms with van der Waals surface area (Å²) in [6.07, 6.45) is 0. The van der Waals surface area contributed by atoms with Crippen molar-refractivity contribution in [3.63, 3.8) is 0 Å². The lowest BCUT2D eigenvalue weighted by Gasteiger charge is -2.05. The maximum atomic E-state index is 11.8. The van der Waals surface area contributed by atoms with E-state index in [1.165, 1.54) is 37.4 Å². The number of methoxy groups -OCH3 is 1. The molecule has 0 fully saturated rings. The lowest BCUT2D eigenvalue weighted by Crippen LogP contribution is -2.08. The smallest absolute Gasteiger partial charge is 0.379 e. The van der Waals surface area contributed by atoms with Crippen LogP contribution in [-0.4, -0.2) is 18.0 Å². The van der Waals surface area contributed by atoms with E-state index in [0.717, 1.165) is 0 Å². The van der Waals surface area contributed by atoms with E-state index >= 15 is 0 Å². The third-order valence-corrected chi connectivity index (χ3v) is 2.77. The van der Waals surface area contributed by atoms with Crippen LogP contribution in [-0.2, 0) is 0 Å². The normalized spacial score (nSPS) is 10.1. The van der Waals surface area contributed by atoms with E-state index in [-0.39, 0.29) is 22.9 Å². The van der Waals surface area contributed by atoms with Crippen molar-refractivity contribution in [2.24, 2.45) is 0 Å². The Morgan fingerprint density at radius 3 is 2.65 bits per heavy atom. The highest BCUT2D eigenvalue weighted by molar-refractivity contribution is 9.10. The summed E-state index contributed by atoms with van der Waals surface area (Å²) in [5.41, 5.74) is -0.372. The molecule has 0 bridgehead atoms. The van der Waals surface area contributed by atoms with E-state index in [4.69, 9.17) is 13.9 Å². The first-order chi connectivity index (χ1) is 9.51. The lowest BCUT2D eigenvalue weighted by molar-refractivity contribution is -0.385. The van der Waals surface area contributed by atoms with Crippen LogP contribution < -0.4 is 9.47 Å². The SMILES string of the molecule is COc1ccc(OC(=O)c2ccc(Br)o2)c([N+](=O)[O-])c1. The van der Waals surface area contributed by atoms with Crippen LogP contribution in [0.3, 0.4) is 0 Å². The van der Waals surface area contributed by atoms with Crippen molar-refractivity contribution in [1.82, 2.24) is 0 Å². The van der Waals surface area contributed by atoms with E-state index in [2.05, 4.69) is 15.9 Å². The van der Waals surface area contributed by atoms with E-state index in [0.29, 0.717) is 4.67 Å². The van der Waals surface area contributed by atoms with Crippen LogP contribution in [0.1, 0.15) is 10.6 Å². The number of rotatable bonds is 4. The van der Waals surface area contributed by atoms with Crippen LogP contribution >= 0.6 is 15.9 Å². The maximum absolute atomic E-state index is 11.8. The zero-order valence-corrected chi connectivity index (χ0v) is 11.7. The van der Waals surface area contributed by atoms with Crippen molar-refractivity contribution in [3.8, 4) is 11.5 Å². The Balaban J connectivity index is 2.29. The molecule has 8 heteroatoms. The van der Waals surface area contributed by atoms with Gasteiger partial charge in [-0.25, -0.2) is 4.79 Å². The summed E-state index contributed by atoms with van der Waals surface area (Å²) in [6, 6.07) is 6.81. The second kappa shape index (κ2) is 5.74. The molecule has 1 aromatic heterocycles. The molecule has 0 saturated heterocycles. The fraction of sp³-hybridized carbons (Fsp3) is 0.0833. The van der Waals surface area contributed by atoms with Gasteiger partial charge in [-0.15, -0.1) is 0 Å². The number of nitro groups is 1. The van der Waals surface area contributed by atoms with Crippen molar-refractivity contribution in [3.05, 3.63) is 50.9 Å². The van der Waals surface area contributed by atoms with Crippen LogP contribution in [0.25, 0.3) is 0 Å². The Bertz CT molecular complexity index is 666. The summed E-state index contributed by atoms with van der Waals surface area (Å²) in [6.45, 7) is 0. The quantitative estimate of drug-likeness (QED) is 0.367. The molecule has 0 atom stereocenters. The van der Waals surface area contributed by atoms with Gasteiger partial charge in [0.1, 0.15) is 5.75 Å².